The molecule has 17 heavy (non-hydrogen) atoms. The highest BCUT2D eigenvalue weighted by molar-refractivity contribution is 5.67. The van der Waals surface area contributed by atoms with Gasteiger partial charge in [0.2, 0.25) is 0 Å². The van der Waals surface area contributed by atoms with Crippen LogP contribution >= 0.6 is 0 Å². The Hall–Kier alpha value is -0.770. The van der Waals surface area contributed by atoms with Crippen LogP contribution in [0.25, 0.3) is 0 Å². The maximum absolute atomic E-state index is 11.6. The Morgan fingerprint density at radius 1 is 1.35 bits per heavy atom. The fraction of sp³-hybridized carbons (Fsp3) is 0.923. The Morgan fingerprint density at radius 2 is 2.06 bits per heavy atom. The zero-order valence-corrected chi connectivity index (χ0v) is 11.1. The zero-order valence-electron chi connectivity index (χ0n) is 11.1. The number of carbonyl (C=O) groups excluding carboxylic acids is 1. The van der Waals surface area contributed by atoms with Gasteiger partial charge in [0.15, 0.2) is 0 Å². The van der Waals surface area contributed by atoms with Crippen LogP contribution in [0.2, 0.25) is 0 Å². The number of ether oxygens (including phenoxy) is 1. The maximum Gasteiger partial charge on any atom is 0.407 e. The molecule has 0 spiro atoms. The van der Waals surface area contributed by atoms with E-state index in [1.54, 1.807) is 0 Å². The Bertz CT molecular complexity index is 282. The summed E-state index contributed by atoms with van der Waals surface area (Å²) in [4.78, 5) is 11.6. The maximum atomic E-state index is 11.6. The monoisotopic (exact) mass is 240 g/mol. The van der Waals surface area contributed by atoms with Crippen molar-refractivity contribution in [3.63, 3.8) is 0 Å². The average molecular weight is 240 g/mol. The molecule has 2 atom stereocenters. The average Bonchev–Trinajstić information content (AvgIpc) is 2.92. The van der Waals surface area contributed by atoms with E-state index in [0.717, 1.165) is 31.5 Å². The van der Waals surface area contributed by atoms with Crippen molar-refractivity contribution in [1.29, 1.82) is 0 Å². The normalized spacial score (nSPS) is 29.1. The molecule has 4 nitrogen and oxygen atoms in total. The van der Waals surface area contributed by atoms with Crippen molar-refractivity contribution in [2.45, 2.75) is 39.2 Å². The molecule has 0 radical (unpaired) electrons. The number of rotatable bonds is 3. The summed E-state index contributed by atoms with van der Waals surface area (Å²) >= 11 is 0. The van der Waals surface area contributed by atoms with Gasteiger partial charge in [0.05, 0.1) is 0 Å². The van der Waals surface area contributed by atoms with Crippen LogP contribution in [0.3, 0.4) is 0 Å². The standard InChI is InChI=1S/C13H24N2O2/c1-13(2,3)17-12(16)15-7-10-6-14-8-11(10)9-4-5-9/h9-11,14H,4-8H2,1-3H3,(H,15,16). The summed E-state index contributed by atoms with van der Waals surface area (Å²) in [5, 5.41) is 6.32. The minimum absolute atomic E-state index is 0.293. The quantitative estimate of drug-likeness (QED) is 0.790. The summed E-state index contributed by atoms with van der Waals surface area (Å²) in [7, 11) is 0. The number of nitrogens with one attached hydrogen (secondary N) is 2. The van der Waals surface area contributed by atoms with Gasteiger partial charge in [0, 0.05) is 6.54 Å². The number of carbonyl (C=O) groups is 1. The molecule has 2 fully saturated rings. The SMILES string of the molecule is CC(C)(C)OC(=O)NCC1CNCC1C1CC1. The lowest BCUT2D eigenvalue weighted by atomic mass is 9.91. The molecule has 0 aromatic rings. The summed E-state index contributed by atoms with van der Waals surface area (Å²) in [6.45, 7) is 8.54. The van der Waals surface area contributed by atoms with Crippen LogP contribution in [0.4, 0.5) is 4.79 Å². The van der Waals surface area contributed by atoms with E-state index in [0.29, 0.717) is 5.92 Å². The molecule has 1 amide bonds. The Morgan fingerprint density at radius 3 is 2.65 bits per heavy atom. The predicted molar refractivity (Wildman–Crippen MR) is 66.8 cm³/mol. The first kappa shape index (κ1) is 12.7. The summed E-state index contributed by atoms with van der Waals surface area (Å²) in [6.07, 6.45) is 2.45. The molecule has 2 N–H and O–H groups in total. The van der Waals surface area contributed by atoms with Crippen molar-refractivity contribution in [2.24, 2.45) is 17.8 Å². The van der Waals surface area contributed by atoms with Crippen LogP contribution in [-0.2, 0) is 4.74 Å². The molecule has 0 aromatic heterocycles. The van der Waals surface area contributed by atoms with E-state index >= 15 is 0 Å². The molecule has 1 saturated carbocycles. The molecule has 98 valence electrons. The van der Waals surface area contributed by atoms with Crippen LogP contribution in [0, 0.1) is 17.8 Å². The smallest absolute Gasteiger partial charge is 0.407 e. The zero-order chi connectivity index (χ0) is 12.5. The van der Waals surface area contributed by atoms with Crippen molar-refractivity contribution in [2.75, 3.05) is 19.6 Å². The molecule has 2 aliphatic rings. The summed E-state index contributed by atoms with van der Waals surface area (Å²) in [5.74, 6) is 2.23. The highest BCUT2D eigenvalue weighted by Gasteiger charge is 2.39. The fourth-order valence-electron chi connectivity index (χ4n) is 2.58. The van der Waals surface area contributed by atoms with Crippen LogP contribution in [0.5, 0.6) is 0 Å². The van der Waals surface area contributed by atoms with E-state index in [2.05, 4.69) is 10.6 Å². The van der Waals surface area contributed by atoms with Crippen molar-refractivity contribution in [3.05, 3.63) is 0 Å². The van der Waals surface area contributed by atoms with E-state index in [1.807, 2.05) is 20.8 Å². The van der Waals surface area contributed by atoms with Crippen LogP contribution < -0.4 is 10.6 Å². The molecular weight excluding hydrogens is 216 g/mol. The Labute approximate surface area is 103 Å². The largest absolute Gasteiger partial charge is 0.444 e. The summed E-state index contributed by atoms with van der Waals surface area (Å²) < 4.78 is 5.24. The molecule has 1 heterocycles. The predicted octanol–water partition coefficient (Wildman–Crippen LogP) is 1.76. The van der Waals surface area contributed by atoms with Crippen molar-refractivity contribution >= 4 is 6.09 Å². The lowest BCUT2D eigenvalue weighted by Crippen LogP contribution is -2.37. The van der Waals surface area contributed by atoms with Gasteiger partial charge in [-0.1, -0.05) is 0 Å². The van der Waals surface area contributed by atoms with Gasteiger partial charge in [0.25, 0.3) is 0 Å². The van der Waals surface area contributed by atoms with E-state index in [4.69, 9.17) is 4.74 Å². The molecule has 1 aliphatic heterocycles. The van der Waals surface area contributed by atoms with Gasteiger partial charge < -0.3 is 15.4 Å². The fourth-order valence-corrected chi connectivity index (χ4v) is 2.58. The van der Waals surface area contributed by atoms with E-state index in [9.17, 15) is 4.79 Å². The van der Waals surface area contributed by atoms with Gasteiger partial charge >= 0.3 is 6.09 Å². The third-order valence-corrected chi connectivity index (χ3v) is 3.53. The van der Waals surface area contributed by atoms with Crippen LogP contribution in [0.15, 0.2) is 0 Å². The lowest BCUT2D eigenvalue weighted by Gasteiger charge is -2.22. The van der Waals surface area contributed by atoms with Gasteiger partial charge in [-0.25, -0.2) is 4.79 Å². The second-order valence-corrected chi connectivity index (χ2v) is 6.30. The third kappa shape index (κ3) is 3.87. The van der Waals surface area contributed by atoms with Crippen molar-refractivity contribution in [1.82, 2.24) is 10.6 Å². The minimum atomic E-state index is -0.409. The first-order chi connectivity index (χ1) is 7.96. The van der Waals surface area contributed by atoms with E-state index < -0.39 is 5.60 Å². The summed E-state index contributed by atoms with van der Waals surface area (Å²) in [5.41, 5.74) is -0.409. The number of amides is 1. The van der Waals surface area contributed by atoms with Gasteiger partial charge in [-0.15, -0.1) is 0 Å². The number of hydrogen-bond donors (Lipinski definition) is 2. The molecule has 2 unspecified atom stereocenters. The Balaban J connectivity index is 1.72. The minimum Gasteiger partial charge on any atom is -0.444 e. The molecule has 0 bridgehead atoms. The van der Waals surface area contributed by atoms with Crippen LogP contribution in [0.1, 0.15) is 33.6 Å². The summed E-state index contributed by atoms with van der Waals surface area (Å²) in [6, 6.07) is 0. The molecule has 1 saturated heterocycles. The topological polar surface area (TPSA) is 50.4 Å². The molecule has 0 aromatic carbocycles. The third-order valence-electron chi connectivity index (χ3n) is 3.53. The van der Waals surface area contributed by atoms with E-state index in [1.165, 1.54) is 12.8 Å². The first-order valence-electron chi connectivity index (χ1n) is 6.63. The van der Waals surface area contributed by atoms with Gasteiger partial charge in [-0.3, -0.25) is 0 Å². The molecule has 4 heteroatoms. The highest BCUT2D eigenvalue weighted by atomic mass is 16.6. The molecule has 2 rings (SSSR count). The first-order valence-corrected chi connectivity index (χ1v) is 6.63. The Kier molecular flexibility index (Phi) is 3.61. The van der Waals surface area contributed by atoms with Gasteiger partial charge in [-0.05, 0) is 64.5 Å². The number of hydrogen-bond acceptors (Lipinski definition) is 3. The lowest BCUT2D eigenvalue weighted by molar-refractivity contribution is 0.0516. The molecular formula is C13H24N2O2. The highest BCUT2D eigenvalue weighted by Crippen LogP contribution is 2.41. The van der Waals surface area contributed by atoms with Gasteiger partial charge in [0.1, 0.15) is 5.60 Å². The van der Waals surface area contributed by atoms with Crippen LogP contribution in [-0.4, -0.2) is 31.3 Å². The number of alkyl carbamates (subject to hydrolysis) is 1. The molecule has 1 aliphatic carbocycles. The van der Waals surface area contributed by atoms with E-state index in [-0.39, 0.29) is 6.09 Å². The van der Waals surface area contributed by atoms with Crippen molar-refractivity contribution < 1.29 is 9.53 Å². The second kappa shape index (κ2) is 4.84. The second-order valence-electron chi connectivity index (χ2n) is 6.30. The van der Waals surface area contributed by atoms with Gasteiger partial charge in [-0.2, -0.15) is 0 Å². The van der Waals surface area contributed by atoms with Crippen molar-refractivity contribution in [3.8, 4) is 0 Å².